The van der Waals surface area contributed by atoms with Crippen molar-refractivity contribution in [2.75, 3.05) is 38.2 Å². The molecule has 3 heterocycles. The molecule has 1 aliphatic heterocycles. The number of ether oxygens (including phenoxy) is 2. The van der Waals surface area contributed by atoms with E-state index in [4.69, 9.17) is 9.47 Å². The number of pyridine rings is 1. The Morgan fingerprint density at radius 3 is 2.71 bits per heavy atom. The summed E-state index contributed by atoms with van der Waals surface area (Å²) in [4.78, 5) is 27.1. The lowest BCUT2D eigenvalue weighted by Gasteiger charge is -2.26. The van der Waals surface area contributed by atoms with Gasteiger partial charge in [0, 0.05) is 35.4 Å². The first-order chi connectivity index (χ1) is 18.5. The Bertz CT molecular complexity index is 1500. The Labute approximate surface area is 221 Å². The van der Waals surface area contributed by atoms with Crippen molar-refractivity contribution in [3.63, 3.8) is 0 Å². The zero-order valence-corrected chi connectivity index (χ0v) is 21.3. The van der Waals surface area contributed by atoms with E-state index in [0.29, 0.717) is 37.9 Å². The van der Waals surface area contributed by atoms with Crippen LogP contribution in [0.5, 0.6) is 11.5 Å². The average Bonchev–Trinajstić information content (AvgIpc) is 2.94. The lowest BCUT2D eigenvalue weighted by molar-refractivity contribution is 0.0535. The number of amides is 2. The van der Waals surface area contributed by atoms with Gasteiger partial charge in [-0.25, -0.2) is 14.8 Å². The van der Waals surface area contributed by atoms with Gasteiger partial charge in [-0.15, -0.1) is 0 Å². The van der Waals surface area contributed by atoms with Crippen molar-refractivity contribution >= 4 is 28.4 Å². The molecule has 0 aliphatic carbocycles. The van der Waals surface area contributed by atoms with Crippen molar-refractivity contribution in [2.24, 2.45) is 0 Å². The maximum absolute atomic E-state index is 12.2. The summed E-state index contributed by atoms with van der Waals surface area (Å²) in [6, 6.07) is 15.3. The van der Waals surface area contributed by atoms with Gasteiger partial charge in [-0.2, -0.15) is 0 Å². The molecular weight excluding hydrogens is 480 g/mol. The van der Waals surface area contributed by atoms with Gasteiger partial charge < -0.3 is 25.0 Å². The number of nitrogens with zero attached hydrogens (tertiary/aromatic N) is 4. The van der Waals surface area contributed by atoms with Crippen molar-refractivity contribution in [2.45, 2.75) is 13.8 Å². The van der Waals surface area contributed by atoms with Gasteiger partial charge in [0.1, 0.15) is 23.6 Å². The number of carbonyl (C=O) groups excluding carboxylic acids is 1. The number of fused-ring (bicyclic) bond motifs is 1. The molecule has 0 saturated carbocycles. The molecule has 2 aromatic carbocycles. The van der Waals surface area contributed by atoms with Crippen LogP contribution in [0.3, 0.4) is 0 Å². The van der Waals surface area contributed by atoms with E-state index in [0.717, 1.165) is 39.2 Å². The second kappa shape index (κ2) is 11.6. The lowest BCUT2D eigenvalue weighted by Crippen LogP contribution is -2.46. The van der Waals surface area contributed by atoms with E-state index in [2.05, 4.69) is 37.4 Å². The fourth-order valence-electron chi connectivity index (χ4n) is 4.00. The van der Waals surface area contributed by atoms with Crippen LogP contribution in [-0.2, 0) is 4.74 Å². The van der Waals surface area contributed by atoms with E-state index in [9.17, 15) is 4.79 Å². The predicted octanol–water partition coefficient (Wildman–Crippen LogP) is 4.57. The minimum Gasteiger partial charge on any atom is -0.455 e. The van der Waals surface area contributed by atoms with Crippen molar-refractivity contribution in [3.05, 3.63) is 77.9 Å². The van der Waals surface area contributed by atoms with Gasteiger partial charge in [0.05, 0.1) is 31.5 Å². The summed E-state index contributed by atoms with van der Waals surface area (Å²) in [5, 5.41) is 7.08. The molecule has 1 fully saturated rings. The Hall–Kier alpha value is -4.68. The Balaban J connectivity index is 1.27. The highest BCUT2D eigenvalue weighted by Gasteiger charge is 2.15. The topological polar surface area (TPSA) is 102 Å². The van der Waals surface area contributed by atoms with E-state index in [-0.39, 0.29) is 12.6 Å². The van der Waals surface area contributed by atoms with Gasteiger partial charge in [0.15, 0.2) is 0 Å². The van der Waals surface area contributed by atoms with E-state index >= 15 is 0 Å². The lowest BCUT2D eigenvalue weighted by atomic mass is 10.1. The van der Waals surface area contributed by atoms with Crippen LogP contribution in [0.4, 0.5) is 16.3 Å². The Morgan fingerprint density at radius 2 is 1.92 bits per heavy atom. The SMILES string of the molecule is Cc1ccc(Oc2ccc(Nc3ncnc4ccc(C#CCNC(=O)N5CCOCC5)cc34)cc2C)cn1. The molecule has 0 atom stereocenters. The Kier molecular flexibility index (Phi) is 7.62. The first-order valence-electron chi connectivity index (χ1n) is 12.4. The number of carbonyl (C=O) groups is 1. The molecule has 0 radical (unpaired) electrons. The highest BCUT2D eigenvalue weighted by Crippen LogP contribution is 2.29. The maximum Gasteiger partial charge on any atom is 0.318 e. The van der Waals surface area contributed by atoms with Gasteiger partial charge in [0.2, 0.25) is 0 Å². The molecule has 4 aromatic rings. The monoisotopic (exact) mass is 508 g/mol. The van der Waals surface area contributed by atoms with E-state index in [1.165, 1.54) is 6.33 Å². The number of morpholine rings is 1. The fourth-order valence-corrected chi connectivity index (χ4v) is 4.00. The van der Waals surface area contributed by atoms with E-state index in [1.54, 1.807) is 11.1 Å². The van der Waals surface area contributed by atoms with E-state index in [1.807, 2.05) is 62.4 Å². The summed E-state index contributed by atoms with van der Waals surface area (Å²) in [5.41, 5.74) is 4.40. The molecule has 9 heteroatoms. The molecule has 38 heavy (non-hydrogen) atoms. The number of urea groups is 1. The standard InChI is InChI=1S/C29H28N6O3/c1-20-16-23(7-10-27(20)38-24-8-5-21(2)31-18-24)34-28-25-17-22(6-9-26(25)32-19-33-28)4-3-11-30-29(36)35-12-14-37-15-13-35/h5-10,16-19H,11-15H2,1-2H3,(H,30,36)(H,32,33,34). The minimum atomic E-state index is -0.122. The fraction of sp³-hybridized carbons (Fsp3) is 0.241. The summed E-state index contributed by atoms with van der Waals surface area (Å²) < 4.78 is 11.3. The van der Waals surface area contributed by atoms with Gasteiger partial charge >= 0.3 is 6.03 Å². The molecule has 9 nitrogen and oxygen atoms in total. The number of hydrogen-bond donors (Lipinski definition) is 2. The van der Waals surface area contributed by atoms with Crippen LogP contribution in [0.1, 0.15) is 16.8 Å². The third-order valence-corrected chi connectivity index (χ3v) is 6.04. The molecule has 1 saturated heterocycles. The molecule has 0 unspecified atom stereocenters. The third kappa shape index (κ3) is 6.17. The second-order valence-electron chi connectivity index (χ2n) is 8.86. The Morgan fingerprint density at radius 1 is 1.05 bits per heavy atom. The molecule has 192 valence electrons. The molecule has 0 bridgehead atoms. The molecule has 1 aliphatic rings. The number of anilines is 2. The second-order valence-corrected chi connectivity index (χ2v) is 8.86. The van der Waals surface area contributed by atoms with Crippen molar-refractivity contribution in [1.82, 2.24) is 25.2 Å². The van der Waals surface area contributed by atoms with Crippen LogP contribution in [0.15, 0.2) is 61.1 Å². The van der Waals surface area contributed by atoms with Crippen LogP contribution in [0, 0.1) is 25.7 Å². The molecular formula is C29H28N6O3. The smallest absolute Gasteiger partial charge is 0.318 e. The van der Waals surface area contributed by atoms with Crippen LogP contribution in [0.2, 0.25) is 0 Å². The van der Waals surface area contributed by atoms with Crippen LogP contribution in [-0.4, -0.2) is 58.7 Å². The highest BCUT2D eigenvalue weighted by atomic mass is 16.5. The number of nitrogens with one attached hydrogen (secondary N) is 2. The summed E-state index contributed by atoms with van der Waals surface area (Å²) >= 11 is 0. The number of aryl methyl sites for hydroxylation is 2. The van der Waals surface area contributed by atoms with Gasteiger partial charge in [-0.05, 0) is 67.9 Å². The van der Waals surface area contributed by atoms with Gasteiger partial charge in [-0.3, -0.25) is 4.98 Å². The molecule has 0 spiro atoms. The van der Waals surface area contributed by atoms with Crippen molar-refractivity contribution in [3.8, 4) is 23.3 Å². The van der Waals surface area contributed by atoms with Crippen LogP contribution in [0.25, 0.3) is 10.9 Å². The largest absolute Gasteiger partial charge is 0.455 e. The molecule has 5 rings (SSSR count). The normalized spacial score (nSPS) is 12.9. The molecule has 2 aromatic heterocycles. The van der Waals surface area contributed by atoms with E-state index < -0.39 is 0 Å². The summed E-state index contributed by atoms with van der Waals surface area (Å²) in [5.74, 6) is 8.26. The quantitative estimate of drug-likeness (QED) is 0.381. The highest BCUT2D eigenvalue weighted by molar-refractivity contribution is 5.91. The van der Waals surface area contributed by atoms with Gasteiger partial charge in [-0.1, -0.05) is 11.8 Å². The number of benzene rings is 2. The number of aromatic nitrogens is 3. The van der Waals surface area contributed by atoms with Crippen molar-refractivity contribution < 1.29 is 14.3 Å². The number of rotatable bonds is 5. The zero-order chi connectivity index (χ0) is 26.3. The average molecular weight is 509 g/mol. The van der Waals surface area contributed by atoms with Crippen LogP contribution >= 0.6 is 0 Å². The summed E-state index contributed by atoms with van der Waals surface area (Å²) in [7, 11) is 0. The van der Waals surface area contributed by atoms with Gasteiger partial charge in [0.25, 0.3) is 0 Å². The van der Waals surface area contributed by atoms with Crippen molar-refractivity contribution in [1.29, 1.82) is 0 Å². The third-order valence-electron chi connectivity index (χ3n) is 6.04. The predicted molar refractivity (Wildman–Crippen MR) is 146 cm³/mol. The minimum absolute atomic E-state index is 0.122. The first kappa shape index (κ1) is 25.0. The summed E-state index contributed by atoms with van der Waals surface area (Å²) in [6.07, 6.45) is 3.25. The number of hydrogen-bond acceptors (Lipinski definition) is 7. The first-order valence-corrected chi connectivity index (χ1v) is 12.4. The zero-order valence-electron chi connectivity index (χ0n) is 21.3. The molecule has 2 N–H and O–H groups in total. The maximum atomic E-state index is 12.2. The van der Waals surface area contributed by atoms with Crippen LogP contribution < -0.4 is 15.4 Å². The molecule has 2 amide bonds. The summed E-state index contributed by atoms with van der Waals surface area (Å²) in [6.45, 7) is 6.52.